The number of hydrogen-bond acceptors (Lipinski definition) is 2. The molecule has 0 saturated carbocycles. The first kappa shape index (κ1) is 19.5. The van der Waals surface area contributed by atoms with E-state index in [0.717, 1.165) is 25.4 Å². The van der Waals surface area contributed by atoms with E-state index >= 15 is 0 Å². The van der Waals surface area contributed by atoms with Gasteiger partial charge in [-0.1, -0.05) is 13.8 Å². The second-order valence-electron chi connectivity index (χ2n) is 6.97. The molecular formula is C17H27F3N4O+2. The van der Waals surface area contributed by atoms with E-state index in [9.17, 15) is 18.0 Å². The number of rotatable bonds is 5. The Hall–Kier alpha value is -1.83. The molecule has 8 heteroatoms. The van der Waals surface area contributed by atoms with Gasteiger partial charge in [0.25, 0.3) is 11.7 Å². The number of quaternary nitrogens is 1. The maximum Gasteiger partial charge on any atom is 0.419 e. The first-order valence-corrected chi connectivity index (χ1v) is 8.63. The Morgan fingerprint density at radius 1 is 1.28 bits per heavy atom. The molecule has 0 spiro atoms. The van der Waals surface area contributed by atoms with E-state index in [0.29, 0.717) is 31.4 Å². The SMILES string of the molecule is CC(C)[C@H](C)NC(=O)C[NH+]1CCN(c2ccc(C(F)(F)F)c[nH+]2)CC1. The van der Waals surface area contributed by atoms with Crippen LogP contribution in [0.5, 0.6) is 0 Å². The average molecular weight is 360 g/mol. The summed E-state index contributed by atoms with van der Waals surface area (Å²) in [6.45, 7) is 9.51. The zero-order chi connectivity index (χ0) is 18.6. The fraction of sp³-hybridized carbons (Fsp3) is 0.647. The molecule has 0 radical (unpaired) electrons. The number of aromatic nitrogens is 1. The molecule has 2 rings (SSSR count). The van der Waals surface area contributed by atoms with Crippen LogP contribution in [0, 0.1) is 5.92 Å². The van der Waals surface area contributed by atoms with Crippen molar-refractivity contribution >= 4 is 11.7 Å². The Balaban J connectivity index is 1.82. The summed E-state index contributed by atoms with van der Waals surface area (Å²) in [5.74, 6) is 1.11. The van der Waals surface area contributed by atoms with E-state index in [1.54, 1.807) is 0 Å². The van der Waals surface area contributed by atoms with Crippen LogP contribution in [0.3, 0.4) is 0 Å². The van der Waals surface area contributed by atoms with Crippen molar-refractivity contribution < 1.29 is 27.8 Å². The van der Waals surface area contributed by atoms with Gasteiger partial charge in [-0.15, -0.1) is 0 Å². The number of amides is 1. The van der Waals surface area contributed by atoms with E-state index < -0.39 is 11.7 Å². The van der Waals surface area contributed by atoms with Crippen LogP contribution in [0.4, 0.5) is 19.0 Å². The normalized spacial score (nSPS) is 17.6. The number of aromatic amines is 1. The number of piperazine rings is 1. The lowest BCUT2D eigenvalue weighted by Crippen LogP contribution is -3.16. The van der Waals surface area contributed by atoms with E-state index in [4.69, 9.17) is 0 Å². The molecule has 0 aromatic carbocycles. The number of alkyl halides is 3. The van der Waals surface area contributed by atoms with Gasteiger partial charge in [0.2, 0.25) is 0 Å². The zero-order valence-electron chi connectivity index (χ0n) is 14.9. The molecule has 1 aliphatic heterocycles. The van der Waals surface area contributed by atoms with Gasteiger partial charge in [0.05, 0.1) is 5.56 Å². The number of carbonyl (C=O) groups excluding carboxylic acids is 1. The van der Waals surface area contributed by atoms with E-state index in [1.807, 2.05) is 11.8 Å². The topological polar surface area (TPSA) is 50.9 Å². The van der Waals surface area contributed by atoms with Crippen LogP contribution in [0.15, 0.2) is 18.3 Å². The van der Waals surface area contributed by atoms with E-state index in [1.165, 1.54) is 11.0 Å². The Morgan fingerprint density at radius 2 is 1.92 bits per heavy atom. The van der Waals surface area contributed by atoms with Gasteiger partial charge in [-0.25, -0.2) is 4.98 Å². The molecule has 5 nitrogen and oxygen atoms in total. The highest BCUT2D eigenvalue weighted by atomic mass is 19.4. The Kier molecular flexibility index (Phi) is 6.26. The lowest BCUT2D eigenvalue weighted by molar-refractivity contribution is -0.892. The number of halogens is 3. The van der Waals surface area contributed by atoms with Gasteiger partial charge in [0.15, 0.2) is 6.54 Å². The first-order chi connectivity index (χ1) is 11.7. The average Bonchev–Trinajstić information content (AvgIpc) is 2.54. The van der Waals surface area contributed by atoms with Gasteiger partial charge < -0.3 is 10.2 Å². The molecule has 2 heterocycles. The highest BCUT2D eigenvalue weighted by molar-refractivity contribution is 5.77. The van der Waals surface area contributed by atoms with E-state index in [2.05, 4.69) is 24.1 Å². The molecule has 1 aliphatic rings. The fourth-order valence-corrected chi connectivity index (χ4v) is 2.73. The second kappa shape index (κ2) is 8.03. The van der Waals surface area contributed by atoms with Crippen LogP contribution >= 0.6 is 0 Å². The van der Waals surface area contributed by atoms with Gasteiger partial charge in [-0.2, -0.15) is 13.2 Å². The van der Waals surface area contributed by atoms with Gasteiger partial charge in [-0.05, 0) is 18.9 Å². The highest BCUT2D eigenvalue weighted by Crippen LogP contribution is 2.28. The number of carbonyl (C=O) groups is 1. The third kappa shape index (κ3) is 5.59. The van der Waals surface area contributed by atoms with Gasteiger partial charge in [0, 0.05) is 12.1 Å². The van der Waals surface area contributed by atoms with Crippen LogP contribution in [0.25, 0.3) is 0 Å². The van der Waals surface area contributed by atoms with Crippen molar-refractivity contribution in [3.8, 4) is 0 Å². The van der Waals surface area contributed by atoms with Gasteiger partial charge >= 0.3 is 6.18 Å². The van der Waals surface area contributed by atoms with Crippen molar-refractivity contribution in [2.45, 2.75) is 33.0 Å². The van der Waals surface area contributed by atoms with Crippen molar-refractivity contribution in [3.63, 3.8) is 0 Å². The molecule has 1 atom stereocenters. The lowest BCUT2D eigenvalue weighted by Gasteiger charge is -2.28. The van der Waals surface area contributed by atoms with Crippen LogP contribution in [0.2, 0.25) is 0 Å². The number of nitrogens with one attached hydrogen (secondary N) is 3. The Bertz CT molecular complexity index is 566. The molecule has 1 aromatic heterocycles. The van der Waals surface area contributed by atoms with Crippen LogP contribution in [-0.2, 0) is 11.0 Å². The summed E-state index contributed by atoms with van der Waals surface area (Å²) in [4.78, 5) is 18.0. The summed E-state index contributed by atoms with van der Waals surface area (Å²) in [6, 6.07) is 2.70. The van der Waals surface area contributed by atoms with Crippen molar-refractivity contribution in [1.82, 2.24) is 5.32 Å². The molecule has 1 fully saturated rings. The summed E-state index contributed by atoms with van der Waals surface area (Å²) in [5, 5.41) is 3.00. The smallest absolute Gasteiger partial charge is 0.348 e. The minimum absolute atomic E-state index is 0.0470. The van der Waals surface area contributed by atoms with Crippen molar-refractivity contribution in [3.05, 3.63) is 23.9 Å². The number of nitrogens with zero attached hydrogens (tertiary/aromatic N) is 1. The Morgan fingerprint density at radius 3 is 2.40 bits per heavy atom. The largest absolute Gasteiger partial charge is 0.419 e. The summed E-state index contributed by atoms with van der Waals surface area (Å²) < 4.78 is 37.8. The molecule has 0 unspecified atom stereocenters. The third-order valence-corrected chi connectivity index (χ3v) is 4.73. The van der Waals surface area contributed by atoms with Crippen LogP contribution < -0.4 is 20.1 Å². The minimum Gasteiger partial charge on any atom is -0.348 e. The predicted octanol–water partition coefficient (Wildman–Crippen LogP) is 0.385. The summed E-state index contributed by atoms with van der Waals surface area (Å²) in [6.07, 6.45) is -3.34. The van der Waals surface area contributed by atoms with Crippen LogP contribution in [-0.4, -0.2) is 44.7 Å². The molecule has 1 amide bonds. The molecule has 3 N–H and O–H groups in total. The predicted molar refractivity (Wildman–Crippen MR) is 88.2 cm³/mol. The number of hydrogen-bond donors (Lipinski definition) is 2. The monoisotopic (exact) mass is 360 g/mol. The third-order valence-electron chi connectivity index (χ3n) is 4.73. The summed E-state index contributed by atoms with van der Waals surface area (Å²) in [5.41, 5.74) is -0.684. The van der Waals surface area contributed by atoms with Crippen LogP contribution in [0.1, 0.15) is 26.3 Å². The molecule has 1 aromatic rings. The first-order valence-electron chi connectivity index (χ1n) is 8.63. The quantitative estimate of drug-likeness (QED) is 0.798. The molecular weight excluding hydrogens is 333 g/mol. The molecule has 0 bridgehead atoms. The highest BCUT2D eigenvalue weighted by Gasteiger charge is 2.33. The maximum absolute atomic E-state index is 12.6. The molecule has 0 aliphatic carbocycles. The van der Waals surface area contributed by atoms with Crippen molar-refractivity contribution in [2.75, 3.05) is 37.6 Å². The van der Waals surface area contributed by atoms with Gasteiger partial charge in [0.1, 0.15) is 32.4 Å². The minimum atomic E-state index is -4.33. The molecule has 25 heavy (non-hydrogen) atoms. The zero-order valence-corrected chi connectivity index (χ0v) is 14.9. The second-order valence-corrected chi connectivity index (χ2v) is 6.97. The number of pyridine rings is 1. The van der Waals surface area contributed by atoms with Crippen molar-refractivity contribution in [1.29, 1.82) is 0 Å². The maximum atomic E-state index is 12.6. The Labute approximate surface area is 146 Å². The molecule has 1 saturated heterocycles. The van der Waals surface area contributed by atoms with Gasteiger partial charge in [-0.3, -0.25) is 9.69 Å². The summed E-state index contributed by atoms with van der Waals surface area (Å²) >= 11 is 0. The fourth-order valence-electron chi connectivity index (χ4n) is 2.73. The summed E-state index contributed by atoms with van der Waals surface area (Å²) in [7, 11) is 0. The van der Waals surface area contributed by atoms with Crippen molar-refractivity contribution in [2.24, 2.45) is 5.92 Å². The number of anilines is 1. The standard InChI is InChI=1S/C17H25F3N4O/c1-12(2)13(3)22-16(25)11-23-6-8-24(9-7-23)15-5-4-14(10-21-15)17(18,19)20/h4-5,10,12-13H,6-9,11H2,1-3H3,(H,22,25)/p+2/t13-/m0/s1. The lowest BCUT2D eigenvalue weighted by atomic mass is 10.1. The van der Waals surface area contributed by atoms with E-state index in [-0.39, 0.29) is 11.9 Å². The number of H-pyrrole nitrogens is 1. The molecule has 140 valence electrons.